The number of nitrogens with zero attached hydrogens (tertiary/aromatic N) is 2. The van der Waals surface area contributed by atoms with Gasteiger partial charge in [-0.25, -0.2) is 4.98 Å². The van der Waals surface area contributed by atoms with E-state index in [-0.39, 0.29) is 17.7 Å². The van der Waals surface area contributed by atoms with Gasteiger partial charge < -0.3 is 10.4 Å². The van der Waals surface area contributed by atoms with Crippen molar-refractivity contribution in [2.24, 2.45) is 5.41 Å². The molecule has 1 aromatic heterocycles. The quantitative estimate of drug-likeness (QED) is 0.630. The summed E-state index contributed by atoms with van der Waals surface area (Å²) in [6.07, 6.45) is 6.88. The summed E-state index contributed by atoms with van der Waals surface area (Å²) < 4.78 is 0. The Morgan fingerprint density at radius 1 is 1.42 bits per heavy atom. The Kier molecular flexibility index (Phi) is 4.31. The van der Waals surface area contributed by atoms with Gasteiger partial charge >= 0.3 is 0 Å². The van der Waals surface area contributed by atoms with Gasteiger partial charge in [-0.1, -0.05) is 19.3 Å². The topological polar surface area (TPSA) is 88.3 Å². The normalized spacial score (nSPS) is 17.9. The lowest BCUT2D eigenvalue weighted by atomic mass is 9.74. The molecule has 1 aromatic rings. The first-order chi connectivity index (χ1) is 9.15. The SMILES string of the molecule is O=[N+]([O-])c1ccnc(NCC2(CO)CCCCC2)c1. The molecule has 2 rings (SSSR count). The fraction of sp³-hybridized carbons (Fsp3) is 0.615. The van der Waals surface area contributed by atoms with Crippen molar-refractivity contribution in [2.75, 3.05) is 18.5 Å². The molecule has 0 amide bonds. The first-order valence-corrected chi connectivity index (χ1v) is 6.60. The van der Waals surface area contributed by atoms with Crippen molar-refractivity contribution in [3.63, 3.8) is 0 Å². The van der Waals surface area contributed by atoms with E-state index in [2.05, 4.69) is 10.3 Å². The highest BCUT2D eigenvalue weighted by atomic mass is 16.6. The van der Waals surface area contributed by atoms with Gasteiger partial charge in [0.15, 0.2) is 0 Å². The van der Waals surface area contributed by atoms with Gasteiger partial charge in [0.05, 0.1) is 17.6 Å². The van der Waals surface area contributed by atoms with E-state index < -0.39 is 4.92 Å². The van der Waals surface area contributed by atoms with E-state index in [1.165, 1.54) is 24.8 Å². The summed E-state index contributed by atoms with van der Waals surface area (Å²) in [6.45, 7) is 0.757. The molecule has 6 nitrogen and oxygen atoms in total. The number of pyridine rings is 1. The van der Waals surface area contributed by atoms with Crippen LogP contribution in [0, 0.1) is 15.5 Å². The van der Waals surface area contributed by atoms with Gasteiger partial charge in [-0.2, -0.15) is 0 Å². The molecule has 0 unspecified atom stereocenters. The highest BCUT2D eigenvalue weighted by molar-refractivity contribution is 5.44. The van der Waals surface area contributed by atoms with Gasteiger partial charge in [0.2, 0.25) is 0 Å². The number of aliphatic hydroxyl groups is 1. The van der Waals surface area contributed by atoms with Gasteiger partial charge in [-0.3, -0.25) is 10.1 Å². The third-order valence-corrected chi connectivity index (χ3v) is 3.85. The maximum Gasteiger partial charge on any atom is 0.274 e. The molecule has 0 bridgehead atoms. The minimum absolute atomic E-state index is 0.0270. The Morgan fingerprint density at radius 2 is 2.16 bits per heavy atom. The van der Waals surface area contributed by atoms with E-state index in [1.54, 1.807) is 0 Å². The highest BCUT2D eigenvalue weighted by Crippen LogP contribution is 2.35. The molecule has 1 aliphatic rings. The largest absolute Gasteiger partial charge is 0.396 e. The molecule has 0 saturated heterocycles. The summed E-state index contributed by atoms with van der Waals surface area (Å²) in [5.74, 6) is 0.493. The summed E-state index contributed by atoms with van der Waals surface area (Å²) in [5.41, 5.74) is -0.0796. The third-order valence-electron chi connectivity index (χ3n) is 3.85. The van der Waals surface area contributed by atoms with Crippen molar-refractivity contribution in [3.8, 4) is 0 Å². The number of hydrogen-bond acceptors (Lipinski definition) is 5. The number of aliphatic hydroxyl groups excluding tert-OH is 1. The van der Waals surface area contributed by atoms with Gasteiger partial charge in [0, 0.05) is 24.2 Å². The summed E-state index contributed by atoms with van der Waals surface area (Å²) >= 11 is 0. The number of anilines is 1. The monoisotopic (exact) mass is 265 g/mol. The van der Waals surface area contributed by atoms with E-state index in [0.29, 0.717) is 12.4 Å². The van der Waals surface area contributed by atoms with Gasteiger partial charge in [0.1, 0.15) is 5.82 Å². The van der Waals surface area contributed by atoms with Crippen LogP contribution in [0.25, 0.3) is 0 Å². The van der Waals surface area contributed by atoms with E-state index in [0.717, 1.165) is 25.7 Å². The smallest absolute Gasteiger partial charge is 0.274 e. The van der Waals surface area contributed by atoms with Crippen molar-refractivity contribution in [1.82, 2.24) is 4.98 Å². The second kappa shape index (κ2) is 5.97. The molecule has 0 radical (unpaired) electrons. The Hall–Kier alpha value is -1.69. The van der Waals surface area contributed by atoms with Crippen molar-refractivity contribution in [1.29, 1.82) is 0 Å². The first-order valence-electron chi connectivity index (χ1n) is 6.60. The molecule has 19 heavy (non-hydrogen) atoms. The average Bonchev–Trinajstić information content (AvgIpc) is 2.46. The van der Waals surface area contributed by atoms with E-state index in [4.69, 9.17) is 0 Å². The Morgan fingerprint density at radius 3 is 2.79 bits per heavy atom. The fourth-order valence-electron chi connectivity index (χ4n) is 2.60. The first kappa shape index (κ1) is 13.7. The number of rotatable bonds is 5. The molecule has 2 N–H and O–H groups in total. The summed E-state index contributed by atoms with van der Waals surface area (Å²) in [4.78, 5) is 14.3. The van der Waals surface area contributed by atoms with Gasteiger partial charge in [0.25, 0.3) is 5.69 Å². The Balaban J connectivity index is 2.00. The molecule has 1 fully saturated rings. The van der Waals surface area contributed by atoms with Crippen LogP contribution in [0.1, 0.15) is 32.1 Å². The maximum atomic E-state index is 10.7. The second-order valence-corrected chi connectivity index (χ2v) is 5.23. The zero-order valence-electron chi connectivity index (χ0n) is 10.8. The van der Waals surface area contributed by atoms with Gasteiger partial charge in [-0.05, 0) is 12.8 Å². The Labute approximate surface area is 112 Å². The van der Waals surface area contributed by atoms with Crippen molar-refractivity contribution in [2.45, 2.75) is 32.1 Å². The molecule has 1 saturated carbocycles. The van der Waals surface area contributed by atoms with Crippen LogP contribution in [0.5, 0.6) is 0 Å². The minimum Gasteiger partial charge on any atom is -0.396 e. The zero-order valence-corrected chi connectivity index (χ0v) is 10.8. The summed E-state index contributed by atoms with van der Waals surface area (Å²) in [7, 11) is 0. The lowest BCUT2D eigenvalue weighted by molar-refractivity contribution is -0.384. The lowest BCUT2D eigenvalue weighted by Crippen LogP contribution is -2.35. The summed E-state index contributed by atoms with van der Waals surface area (Å²) in [5, 5.41) is 23.4. The molecular weight excluding hydrogens is 246 g/mol. The Bertz CT molecular complexity index is 445. The zero-order chi connectivity index (χ0) is 13.7. The number of nitro groups is 1. The molecule has 104 valence electrons. The molecule has 0 aliphatic heterocycles. The van der Waals surface area contributed by atoms with E-state index in [1.807, 2.05) is 0 Å². The van der Waals surface area contributed by atoms with Crippen molar-refractivity contribution in [3.05, 3.63) is 28.4 Å². The van der Waals surface area contributed by atoms with Crippen LogP contribution in [-0.4, -0.2) is 28.2 Å². The number of hydrogen-bond donors (Lipinski definition) is 2. The molecule has 1 heterocycles. The second-order valence-electron chi connectivity index (χ2n) is 5.23. The standard InChI is InChI=1S/C13H19N3O3/c17-10-13(5-2-1-3-6-13)9-15-12-8-11(16(18)19)4-7-14-12/h4,7-8,17H,1-3,5-6,9-10H2,(H,14,15). The molecule has 0 atom stereocenters. The van der Waals surface area contributed by atoms with Crippen LogP contribution in [0.3, 0.4) is 0 Å². The number of aromatic nitrogens is 1. The van der Waals surface area contributed by atoms with Crippen LogP contribution in [0.2, 0.25) is 0 Å². The molecule has 0 aromatic carbocycles. The molecule has 1 aliphatic carbocycles. The third kappa shape index (κ3) is 3.41. The van der Waals surface area contributed by atoms with E-state index >= 15 is 0 Å². The van der Waals surface area contributed by atoms with Gasteiger partial charge in [-0.15, -0.1) is 0 Å². The molecular formula is C13H19N3O3. The summed E-state index contributed by atoms with van der Waals surface area (Å²) in [6, 6.07) is 2.79. The average molecular weight is 265 g/mol. The highest BCUT2D eigenvalue weighted by Gasteiger charge is 2.31. The van der Waals surface area contributed by atoms with Crippen molar-refractivity contribution < 1.29 is 10.0 Å². The molecule has 0 spiro atoms. The fourth-order valence-corrected chi connectivity index (χ4v) is 2.60. The van der Waals surface area contributed by atoms with Crippen LogP contribution in [0.15, 0.2) is 18.3 Å². The minimum atomic E-state index is -0.435. The van der Waals surface area contributed by atoms with Crippen LogP contribution >= 0.6 is 0 Å². The van der Waals surface area contributed by atoms with E-state index in [9.17, 15) is 15.2 Å². The maximum absolute atomic E-state index is 10.7. The lowest BCUT2D eigenvalue weighted by Gasteiger charge is -2.35. The van der Waals surface area contributed by atoms with Crippen LogP contribution in [-0.2, 0) is 0 Å². The predicted molar refractivity (Wildman–Crippen MR) is 72.0 cm³/mol. The van der Waals surface area contributed by atoms with Crippen molar-refractivity contribution >= 4 is 11.5 Å². The van der Waals surface area contributed by atoms with Crippen LogP contribution < -0.4 is 5.32 Å². The van der Waals surface area contributed by atoms with Crippen LogP contribution in [0.4, 0.5) is 11.5 Å². The number of nitrogens with one attached hydrogen (secondary N) is 1. The molecule has 6 heteroatoms. The predicted octanol–water partition coefficient (Wildman–Crippen LogP) is 2.34.